The van der Waals surface area contributed by atoms with Crippen molar-refractivity contribution in [3.8, 4) is 0 Å². The smallest absolute Gasteiger partial charge is 0.414 e. The van der Waals surface area contributed by atoms with E-state index in [-0.39, 0.29) is 24.5 Å². The molecule has 0 aromatic heterocycles. The number of morpholine rings is 1. The third-order valence-corrected chi connectivity index (χ3v) is 3.85. The first-order valence-electron chi connectivity index (χ1n) is 6.71. The van der Waals surface area contributed by atoms with Crippen LogP contribution in [0.15, 0.2) is 24.3 Å². The number of rotatable bonds is 3. The summed E-state index contributed by atoms with van der Waals surface area (Å²) in [7, 11) is 0. The van der Waals surface area contributed by atoms with Crippen molar-refractivity contribution in [2.45, 2.75) is 6.10 Å². The summed E-state index contributed by atoms with van der Waals surface area (Å²) in [4.78, 5) is 26.7. The van der Waals surface area contributed by atoms with Crippen LogP contribution in [0.1, 0.15) is 0 Å². The molecule has 0 saturated carbocycles. The maximum Gasteiger partial charge on any atom is 0.414 e. The molecule has 0 unspecified atom stereocenters. The van der Waals surface area contributed by atoms with Gasteiger partial charge in [-0.3, -0.25) is 9.69 Å². The number of nitrogens with zero attached hydrogens (tertiary/aromatic N) is 2. The highest BCUT2D eigenvalue weighted by Crippen LogP contribution is 2.25. The Bertz CT molecular complexity index is 548. The van der Waals surface area contributed by atoms with Gasteiger partial charge in [-0.1, -0.05) is 0 Å². The molecule has 0 radical (unpaired) electrons. The van der Waals surface area contributed by atoms with Crippen LogP contribution in [0, 0.1) is 0 Å². The number of carbonyl (C=O) groups is 2. The predicted molar refractivity (Wildman–Crippen MR) is 77.9 cm³/mol. The SMILES string of the molecule is O=C1COCCN1c1ccc(N2C[C@@H](CCl)OC2=O)cc1. The predicted octanol–water partition coefficient (Wildman–Crippen LogP) is 1.61. The monoisotopic (exact) mass is 310 g/mol. The lowest BCUT2D eigenvalue weighted by Crippen LogP contribution is -2.41. The first-order valence-corrected chi connectivity index (χ1v) is 7.25. The molecular weight excluding hydrogens is 296 g/mol. The van der Waals surface area contributed by atoms with Crippen LogP contribution >= 0.6 is 11.6 Å². The molecule has 1 aromatic rings. The van der Waals surface area contributed by atoms with E-state index in [1.807, 2.05) is 12.1 Å². The van der Waals surface area contributed by atoms with E-state index in [2.05, 4.69) is 0 Å². The van der Waals surface area contributed by atoms with Gasteiger partial charge in [-0.25, -0.2) is 4.79 Å². The van der Waals surface area contributed by atoms with Crippen molar-refractivity contribution in [3.05, 3.63) is 24.3 Å². The van der Waals surface area contributed by atoms with Gasteiger partial charge in [0.15, 0.2) is 0 Å². The van der Waals surface area contributed by atoms with Crippen molar-refractivity contribution >= 4 is 35.0 Å². The maximum atomic E-state index is 11.8. The summed E-state index contributed by atoms with van der Waals surface area (Å²) >= 11 is 5.71. The third kappa shape index (κ3) is 2.82. The molecule has 21 heavy (non-hydrogen) atoms. The molecule has 1 atom stereocenters. The zero-order valence-corrected chi connectivity index (χ0v) is 12.1. The minimum atomic E-state index is -0.393. The first kappa shape index (κ1) is 14.2. The number of ether oxygens (including phenoxy) is 2. The quantitative estimate of drug-likeness (QED) is 0.796. The Kier molecular flexibility index (Phi) is 3.98. The normalized spacial score (nSPS) is 22.6. The molecule has 2 amide bonds. The van der Waals surface area contributed by atoms with Crippen LogP contribution in [-0.4, -0.2) is 50.3 Å². The number of anilines is 2. The van der Waals surface area contributed by atoms with Crippen LogP contribution in [0.2, 0.25) is 0 Å². The van der Waals surface area contributed by atoms with Crippen molar-refractivity contribution in [1.82, 2.24) is 0 Å². The van der Waals surface area contributed by atoms with Crippen molar-refractivity contribution in [1.29, 1.82) is 0 Å². The Morgan fingerprint density at radius 2 is 1.81 bits per heavy atom. The molecule has 7 heteroatoms. The Balaban J connectivity index is 1.75. The van der Waals surface area contributed by atoms with E-state index in [0.29, 0.717) is 19.7 Å². The zero-order chi connectivity index (χ0) is 14.8. The van der Waals surface area contributed by atoms with Gasteiger partial charge in [0.25, 0.3) is 5.91 Å². The molecule has 0 bridgehead atoms. The molecular formula is C14H15ClN2O4. The molecule has 0 spiro atoms. The van der Waals surface area contributed by atoms with Crippen LogP contribution in [0.4, 0.5) is 16.2 Å². The minimum Gasteiger partial charge on any atom is -0.443 e. The van der Waals surface area contributed by atoms with E-state index in [1.165, 1.54) is 4.90 Å². The van der Waals surface area contributed by atoms with E-state index < -0.39 is 6.09 Å². The van der Waals surface area contributed by atoms with Gasteiger partial charge < -0.3 is 14.4 Å². The number of alkyl halides is 1. The fourth-order valence-electron chi connectivity index (χ4n) is 2.42. The Labute approximate surface area is 127 Å². The topological polar surface area (TPSA) is 59.1 Å². The van der Waals surface area contributed by atoms with Gasteiger partial charge in [-0.15, -0.1) is 11.6 Å². The number of carbonyl (C=O) groups excluding carboxylic acids is 2. The van der Waals surface area contributed by atoms with Crippen molar-refractivity contribution in [2.24, 2.45) is 0 Å². The van der Waals surface area contributed by atoms with Gasteiger partial charge >= 0.3 is 6.09 Å². The second-order valence-corrected chi connectivity index (χ2v) is 5.19. The van der Waals surface area contributed by atoms with E-state index >= 15 is 0 Å². The summed E-state index contributed by atoms with van der Waals surface area (Å²) in [6.45, 7) is 1.62. The molecule has 0 N–H and O–H groups in total. The molecule has 0 aliphatic carbocycles. The van der Waals surface area contributed by atoms with Gasteiger partial charge in [-0.05, 0) is 24.3 Å². The van der Waals surface area contributed by atoms with Crippen molar-refractivity contribution in [2.75, 3.05) is 42.0 Å². The molecule has 2 saturated heterocycles. The molecule has 2 fully saturated rings. The molecule has 2 aliphatic heterocycles. The number of cyclic esters (lactones) is 1. The highest BCUT2D eigenvalue weighted by molar-refractivity contribution is 6.18. The number of hydrogen-bond acceptors (Lipinski definition) is 4. The van der Waals surface area contributed by atoms with E-state index in [0.717, 1.165) is 11.4 Å². The average Bonchev–Trinajstić information content (AvgIpc) is 2.89. The molecule has 2 heterocycles. The summed E-state index contributed by atoms with van der Waals surface area (Å²) in [5.41, 5.74) is 1.53. The molecule has 6 nitrogen and oxygen atoms in total. The lowest BCUT2D eigenvalue weighted by atomic mass is 10.2. The largest absolute Gasteiger partial charge is 0.443 e. The van der Waals surface area contributed by atoms with Gasteiger partial charge in [0.2, 0.25) is 0 Å². The fourth-order valence-corrected chi connectivity index (χ4v) is 2.58. The Morgan fingerprint density at radius 3 is 2.38 bits per heavy atom. The third-order valence-electron chi connectivity index (χ3n) is 3.51. The summed E-state index contributed by atoms with van der Waals surface area (Å²) < 4.78 is 10.2. The standard InChI is InChI=1S/C14H15ClN2O4/c15-7-12-8-17(14(19)21-12)11-3-1-10(2-4-11)16-5-6-20-9-13(16)18/h1-4,12H,5-9H2/t12-/m1/s1. The van der Waals surface area contributed by atoms with Crippen LogP contribution in [0.5, 0.6) is 0 Å². The first-order chi connectivity index (χ1) is 10.2. The summed E-state index contributed by atoms with van der Waals surface area (Å²) in [5, 5.41) is 0. The lowest BCUT2D eigenvalue weighted by molar-refractivity contribution is -0.125. The highest BCUT2D eigenvalue weighted by Gasteiger charge is 2.31. The minimum absolute atomic E-state index is 0.0585. The molecule has 2 aliphatic rings. The van der Waals surface area contributed by atoms with E-state index in [9.17, 15) is 9.59 Å². The summed E-state index contributed by atoms with van der Waals surface area (Å²) in [6.07, 6.45) is -0.671. The lowest BCUT2D eigenvalue weighted by Gasteiger charge is -2.27. The Morgan fingerprint density at radius 1 is 1.14 bits per heavy atom. The van der Waals surface area contributed by atoms with E-state index in [1.54, 1.807) is 17.0 Å². The second-order valence-electron chi connectivity index (χ2n) is 4.89. The molecule has 3 rings (SSSR count). The summed E-state index contributed by atoms with van der Waals surface area (Å²) in [6, 6.07) is 7.24. The van der Waals surface area contributed by atoms with Gasteiger partial charge in [0, 0.05) is 17.9 Å². The molecule has 112 valence electrons. The van der Waals surface area contributed by atoms with Crippen LogP contribution in [-0.2, 0) is 14.3 Å². The molecule has 1 aromatic carbocycles. The van der Waals surface area contributed by atoms with Gasteiger partial charge in [-0.2, -0.15) is 0 Å². The van der Waals surface area contributed by atoms with Crippen LogP contribution < -0.4 is 9.80 Å². The number of halogens is 1. The van der Waals surface area contributed by atoms with Crippen LogP contribution in [0.25, 0.3) is 0 Å². The number of hydrogen-bond donors (Lipinski definition) is 0. The highest BCUT2D eigenvalue weighted by atomic mass is 35.5. The van der Waals surface area contributed by atoms with E-state index in [4.69, 9.17) is 21.1 Å². The van der Waals surface area contributed by atoms with Gasteiger partial charge in [0.05, 0.1) is 19.0 Å². The maximum absolute atomic E-state index is 11.8. The number of benzene rings is 1. The second kappa shape index (κ2) is 5.91. The average molecular weight is 311 g/mol. The van der Waals surface area contributed by atoms with Crippen molar-refractivity contribution in [3.63, 3.8) is 0 Å². The Hall–Kier alpha value is -1.79. The van der Waals surface area contributed by atoms with Crippen molar-refractivity contribution < 1.29 is 19.1 Å². The number of amides is 2. The van der Waals surface area contributed by atoms with Crippen LogP contribution in [0.3, 0.4) is 0 Å². The summed E-state index contributed by atoms with van der Waals surface area (Å²) in [5.74, 6) is 0.222. The fraction of sp³-hybridized carbons (Fsp3) is 0.429. The zero-order valence-electron chi connectivity index (χ0n) is 11.3. The van der Waals surface area contributed by atoms with Gasteiger partial charge in [0.1, 0.15) is 12.7 Å².